The van der Waals surface area contributed by atoms with E-state index in [4.69, 9.17) is 15.2 Å². The third kappa shape index (κ3) is 4.72. The summed E-state index contributed by atoms with van der Waals surface area (Å²) in [5, 5.41) is 2.49. The molecular formula is C27H22N2O7. The zero-order chi connectivity index (χ0) is 25.8. The number of methoxy groups -OCH3 is 1. The van der Waals surface area contributed by atoms with Crippen LogP contribution < -0.4 is 11.1 Å². The smallest absolute Gasteiger partial charge is 0.340 e. The molecule has 0 radical (unpaired) electrons. The minimum Gasteiger partial charge on any atom is -0.467 e. The van der Waals surface area contributed by atoms with Gasteiger partial charge >= 0.3 is 11.9 Å². The molecule has 1 atom stereocenters. The molecule has 0 spiro atoms. The summed E-state index contributed by atoms with van der Waals surface area (Å²) in [5.41, 5.74) is 7.01. The molecule has 3 aromatic carbocycles. The number of ether oxygens (including phenoxy) is 2. The Hall–Kier alpha value is -4.79. The molecule has 1 aliphatic rings. The van der Waals surface area contributed by atoms with E-state index in [-0.39, 0.29) is 45.7 Å². The number of esters is 2. The van der Waals surface area contributed by atoms with Gasteiger partial charge in [-0.3, -0.25) is 14.4 Å². The number of nitrogen functional groups attached to an aromatic ring is 1. The van der Waals surface area contributed by atoms with Gasteiger partial charge in [0.05, 0.1) is 23.9 Å². The Morgan fingerprint density at radius 2 is 1.50 bits per heavy atom. The largest absolute Gasteiger partial charge is 0.467 e. The fourth-order valence-corrected chi connectivity index (χ4v) is 4.02. The van der Waals surface area contributed by atoms with Gasteiger partial charge in [0, 0.05) is 23.1 Å². The summed E-state index contributed by atoms with van der Waals surface area (Å²) >= 11 is 0. The van der Waals surface area contributed by atoms with E-state index >= 15 is 0 Å². The van der Waals surface area contributed by atoms with E-state index in [9.17, 15) is 24.0 Å². The van der Waals surface area contributed by atoms with Crippen molar-refractivity contribution in [1.29, 1.82) is 0 Å². The average Bonchev–Trinajstić information content (AvgIpc) is 2.90. The maximum Gasteiger partial charge on any atom is 0.340 e. The Morgan fingerprint density at radius 3 is 2.17 bits per heavy atom. The molecule has 9 heteroatoms. The van der Waals surface area contributed by atoms with E-state index in [0.717, 1.165) is 5.56 Å². The van der Waals surface area contributed by atoms with Crippen LogP contribution in [0.5, 0.6) is 0 Å². The maximum atomic E-state index is 13.0. The lowest BCUT2D eigenvalue weighted by atomic mass is 9.82. The van der Waals surface area contributed by atoms with Gasteiger partial charge in [-0.05, 0) is 17.7 Å². The van der Waals surface area contributed by atoms with Gasteiger partial charge in [-0.25, -0.2) is 9.59 Å². The molecule has 4 rings (SSSR count). The van der Waals surface area contributed by atoms with Crippen LogP contribution in [0.2, 0.25) is 0 Å². The van der Waals surface area contributed by atoms with E-state index in [2.05, 4.69) is 5.32 Å². The molecule has 3 N–H and O–H groups in total. The van der Waals surface area contributed by atoms with Crippen molar-refractivity contribution in [2.45, 2.75) is 12.5 Å². The summed E-state index contributed by atoms with van der Waals surface area (Å²) < 4.78 is 9.83. The Balaban J connectivity index is 1.46. The number of fused-ring (bicyclic) bond motifs is 2. The number of amides is 1. The second-order valence-corrected chi connectivity index (χ2v) is 8.06. The van der Waals surface area contributed by atoms with Crippen molar-refractivity contribution < 1.29 is 33.4 Å². The molecule has 1 unspecified atom stereocenters. The second-order valence-electron chi connectivity index (χ2n) is 8.06. The van der Waals surface area contributed by atoms with Gasteiger partial charge in [0.1, 0.15) is 6.04 Å². The topological polar surface area (TPSA) is 142 Å². The van der Waals surface area contributed by atoms with Crippen molar-refractivity contribution in [3.05, 3.63) is 100 Å². The highest BCUT2D eigenvalue weighted by Gasteiger charge is 2.33. The molecular weight excluding hydrogens is 464 g/mol. The first-order valence-corrected chi connectivity index (χ1v) is 11.0. The third-order valence-electron chi connectivity index (χ3n) is 5.79. The Kier molecular flexibility index (Phi) is 6.91. The lowest BCUT2D eigenvalue weighted by Crippen LogP contribution is -2.44. The molecule has 0 heterocycles. The predicted octanol–water partition coefficient (Wildman–Crippen LogP) is 2.10. The van der Waals surface area contributed by atoms with Crippen molar-refractivity contribution in [3.8, 4) is 0 Å². The number of hydrogen-bond donors (Lipinski definition) is 2. The molecule has 0 aliphatic heterocycles. The number of nitrogens with two attached hydrogens (primary N) is 1. The standard InChI is InChI=1S/C27H22N2O7/c1-35-27(34)20(13-15-7-3-2-4-8-15)29-21(30)14-36-26(33)19-12-11-18-22(23(19)28)25(32)17-10-6-5-9-16(17)24(18)31/h2-12,20H,13-14,28H2,1H3,(H,29,30). The first-order valence-electron chi connectivity index (χ1n) is 11.0. The lowest BCUT2D eigenvalue weighted by Gasteiger charge is -2.20. The molecule has 0 bridgehead atoms. The first kappa shape index (κ1) is 24.3. The maximum absolute atomic E-state index is 13.0. The van der Waals surface area contributed by atoms with Crippen LogP contribution in [0.15, 0.2) is 66.7 Å². The highest BCUT2D eigenvalue weighted by atomic mass is 16.5. The first-order chi connectivity index (χ1) is 17.3. The van der Waals surface area contributed by atoms with Crippen LogP contribution >= 0.6 is 0 Å². The molecule has 3 aromatic rings. The van der Waals surface area contributed by atoms with Crippen LogP contribution in [0.1, 0.15) is 47.8 Å². The van der Waals surface area contributed by atoms with Crippen molar-refractivity contribution in [3.63, 3.8) is 0 Å². The monoisotopic (exact) mass is 486 g/mol. The molecule has 36 heavy (non-hydrogen) atoms. The number of anilines is 1. The zero-order valence-electron chi connectivity index (χ0n) is 19.3. The normalized spacial score (nSPS) is 12.7. The van der Waals surface area contributed by atoms with Gasteiger partial charge in [-0.15, -0.1) is 0 Å². The van der Waals surface area contributed by atoms with Gasteiger partial charge in [-0.1, -0.05) is 54.6 Å². The highest BCUT2D eigenvalue weighted by molar-refractivity contribution is 6.30. The van der Waals surface area contributed by atoms with Crippen LogP contribution in [-0.2, 0) is 25.5 Å². The number of hydrogen-bond acceptors (Lipinski definition) is 8. The Bertz CT molecular complexity index is 1380. The fraction of sp³-hybridized carbons (Fsp3) is 0.148. The summed E-state index contributed by atoms with van der Waals surface area (Å²) in [7, 11) is 1.20. The fourth-order valence-electron chi connectivity index (χ4n) is 4.02. The van der Waals surface area contributed by atoms with Gasteiger partial charge in [0.15, 0.2) is 18.2 Å². The van der Waals surface area contributed by atoms with Crippen LogP contribution in [0, 0.1) is 0 Å². The summed E-state index contributed by atoms with van der Waals surface area (Å²) in [6.07, 6.45) is 0.183. The number of carbonyl (C=O) groups excluding carboxylic acids is 5. The highest BCUT2D eigenvalue weighted by Crippen LogP contribution is 2.32. The molecule has 1 aliphatic carbocycles. The van der Waals surface area contributed by atoms with E-state index in [1.165, 1.54) is 25.3 Å². The minimum absolute atomic E-state index is 0.0776. The number of nitrogens with one attached hydrogen (secondary N) is 1. The van der Waals surface area contributed by atoms with Crippen LogP contribution in [0.3, 0.4) is 0 Å². The summed E-state index contributed by atoms with van der Waals surface area (Å²) in [6, 6.07) is 17.0. The van der Waals surface area contributed by atoms with E-state index in [0.29, 0.717) is 0 Å². The number of benzene rings is 3. The molecule has 0 saturated heterocycles. The molecule has 9 nitrogen and oxygen atoms in total. The van der Waals surface area contributed by atoms with E-state index in [1.807, 2.05) is 6.07 Å². The summed E-state index contributed by atoms with van der Waals surface area (Å²) in [5.74, 6) is -3.19. The van der Waals surface area contributed by atoms with E-state index in [1.54, 1.807) is 42.5 Å². The predicted molar refractivity (Wildman–Crippen MR) is 129 cm³/mol. The van der Waals surface area contributed by atoms with Crippen molar-refractivity contribution in [2.24, 2.45) is 0 Å². The van der Waals surface area contributed by atoms with Gasteiger partial charge in [0.2, 0.25) is 0 Å². The van der Waals surface area contributed by atoms with Gasteiger partial charge in [0.25, 0.3) is 5.91 Å². The number of rotatable bonds is 7. The SMILES string of the molecule is COC(=O)C(Cc1ccccc1)NC(=O)COC(=O)c1ccc2c(c1N)C(=O)c1ccccc1C2=O. The molecule has 0 fully saturated rings. The van der Waals surface area contributed by atoms with Crippen molar-refractivity contribution in [1.82, 2.24) is 5.32 Å². The van der Waals surface area contributed by atoms with Gasteiger partial charge in [-0.2, -0.15) is 0 Å². The van der Waals surface area contributed by atoms with Crippen LogP contribution in [0.25, 0.3) is 0 Å². The second kappa shape index (κ2) is 10.2. The zero-order valence-corrected chi connectivity index (χ0v) is 19.3. The lowest BCUT2D eigenvalue weighted by molar-refractivity contribution is -0.145. The quantitative estimate of drug-likeness (QED) is 0.299. The summed E-state index contributed by atoms with van der Waals surface area (Å²) in [4.78, 5) is 63.0. The summed E-state index contributed by atoms with van der Waals surface area (Å²) in [6.45, 7) is -0.701. The number of carbonyl (C=O) groups is 5. The Labute approximate surface area is 206 Å². The Morgan fingerprint density at radius 1 is 0.861 bits per heavy atom. The average molecular weight is 486 g/mol. The molecule has 1 amide bonds. The number of ketones is 2. The van der Waals surface area contributed by atoms with Crippen molar-refractivity contribution >= 4 is 35.1 Å². The van der Waals surface area contributed by atoms with Crippen LogP contribution in [0.4, 0.5) is 5.69 Å². The third-order valence-corrected chi connectivity index (χ3v) is 5.79. The minimum atomic E-state index is -0.985. The molecule has 182 valence electrons. The molecule has 0 aromatic heterocycles. The molecule has 0 saturated carbocycles. The van der Waals surface area contributed by atoms with Crippen molar-refractivity contribution in [2.75, 3.05) is 19.5 Å². The van der Waals surface area contributed by atoms with E-state index < -0.39 is 36.3 Å². The van der Waals surface area contributed by atoms with Crippen LogP contribution in [-0.4, -0.2) is 49.2 Å². The van der Waals surface area contributed by atoms with Gasteiger partial charge < -0.3 is 20.5 Å².